The van der Waals surface area contributed by atoms with Crippen LogP contribution in [-0.4, -0.2) is 19.7 Å². The van der Waals surface area contributed by atoms with Gasteiger partial charge in [0.15, 0.2) is 0 Å². The second kappa shape index (κ2) is 7.48. The van der Waals surface area contributed by atoms with Gasteiger partial charge in [0, 0.05) is 6.42 Å². The first-order chi connectivity index (χ1) is 10.2. The van der Waals surface area contributed by atoms with Crippen LogP contribution in [0.1, 0.15) is 18.9 Å². The van der Waals surface area contributed by atoms with Crippen molar-refractivity contribution in [1.82, 2.24) is 0 Å². The van der Waals surface area contributed by atoms with Crippen LogP contribution in [-0.2, 0) is 16.0 Å². The molecule has 0 atom stereocenters. The summed E-state index contributed by atoms with van der Waals surface area (Å²) in [5.74, 6) is 0.710. The van der Waals surface area contributed by atoms with E-state index < -0.39 is 0 Å². The maximum atomic E-state index is 11.3. The maximum Gasteiger partial charge on any atom is 0.306 e. The molecule has 0 fully saturated rings. The Morgan fingerprint density at radius 2 is 1.52 bits per heavy atom. The molecule has 0 bridgehead atoms. The number of carbonyl (C=O) groups is 1. The van der Waals surface area contributed by atoms with Gasteiger partial charge in [0.1, 0.15) is 5.75 Å². The smallest absolute Gasteiger partial charge is 0.306 e. The minimum Gasteiger partial charge on any atom is -0.497 e. The first-order valence-electron chi connectivity index (χ1n) is 7.12. The molecule has 0 saturated carbocycles. The van der Waals surface area contributed by atoms with E-state index in [0.29, 0.717) is 19.4 Å². The Kier molecular flexibility index (Phi) is 5.38. The quantitative estimate of drug-likeness (QED) is 0.756. The Labute approximate surface area is 125 Å². The molecule has 0 aliphatic carbocycles. The Morgan fingerprint density at radius 3 is 2.05 bits per heavy atom. The molecular formula is C18H20O3. The average molecular weight is 284 g/mol. The molecule has 0 aromatic heterocycles. The average Bonchev–Trinajstić information content (AvgIpc) is 2.54. The van der Waals surface area contributed by atoms with E-state index >= 15 is 0 Å². The van der Waals surface area contributed by atoms with Crippen molar-refractivity contribution in [3.8, 4) is 16.9 Å². The van der Waals surface area contributed by atoms with Gasteiger partial charge in [-0.2, -0.15) is 0 Å². The van der Waals surface area contributed by atoms with Gasteiger partial charge in [-0.15, -0.1) is 0 Å². The number of hydrogen-bond donors (Lipinski definition) is 0. The molecule has 0 unspecified atom stereocenters. The zero-order valence-corrected chi connectivity index (χ0v) is 12.5. The molecule has 0 spiro atoms. The molecule has 2 rings (SSSR count). The topological polar surface area (TPSA) is 35.5 Å². The summed E-state index contributed by atoms with van der Waals surface area (Å²) in [5.41, 5.74) is 3.44. The van der Waals surface area contributed by atoms with Crippen LogP contribution >= 0.6 is 0 Å². The van der Waals surface area contributed by atoms with E-state index in [1.54, 1.807) is 7.11 Å². The van der Waals surface area contributed by atoms with Crippen LogP contribution in [0.25, 0.3) is 11.1 Å². The third-order valence-corrected chi connectivity index (χ3v) is 3.30. The van der Waals surface area contributed by atoms with E-state index in [0.717, 1.165) is 22.4 Å². The number of aryl methyl sites for hydroxylation is 1. The van der Waals surface area contributed by atoms with E-state index in [-0.39, 0.29) is 5.97 Å². The zero-order chi connectivity index (χ0) is 15.1. The largest absolute Gasteiger partial charge is 0.497 e. The molecule has 3 nitrogen and oxygen atoms in total. The SMILES string of the molecule is CCOC(=O)CCc1ccc(-c2ccc(OC)cc2)cc1. The van der Waals surface area contributed by atoms with Crippen LogP contribution in [0.4, 0.5) is 0 Å². The van der Waals surface area contributed by atoms with Crippen molar-refractivity contribution in [2.45, 2.75) is 19.8 Å². The lowest BCUT2D eigenvalue weighted by atomic mass is 10.0. The number of benzene rings is 2. The van der Waals surface area contributed by atoms with E-state index in [1.807, 2.05) is 31.2 Å². The molecule has 0 N–H and O–H groups in total. The van der Waals surface area contributed by atoms with Gasteiger partial charge in [0.25, 0.3) is 0 Å². The fourth-order valence-corrected chi connectivity index (χ4v) is 2.13. The first kappa shape index (κ1) is 15.1. The second-order valence-corrected chi connectivity index (χ2v) is 4.73. The van der Waals surface area contributed by atoms with E-state index in [1.165, 1.54) is 0 Å². The standard InChI is InChI=1S/C18H20O3/c1-3-21-18(19)13-6-14-4-7-15(8-5-14)16-9-11-17(20-2)12-10-16/h4-5,7-12H,3,6,13H2,1-2H3. The van der Waals surface area contributed by atoms with Crippen molar-refractivity contribution in [3.05, 3.63) is 54.1 Å². The number of carbonyl (C=O) groups excluding carboxylic acids is 1. The molecule has 0 radical (unpaired) electrons. The highest BCUT2D eigenvalue weighted by Crippen LogP contribution is 2.23. The minimum atomic E-state index is -0.142. The summed E-state index contributed by atoms with van der Waals surface area (Å²) in [7, 11) is 1.66. The van der Waals surface area contributed by atoms with Crippen LogP contribution in [0.5, 0.6) is 5.75 Å². The lowest BCUT2D eigenvalue weighted by molar-refractivity contribution is -0.143. The molecule has 110 valence electrons. The number of esters is 1. The summed E-state index contributed by atoms with van der Waals surface area (Å²) in [4.78, 5) is 11.3. The Hall–Kier alpha value is -2.29. The summed E-state index contributed by atoms with van der Waals surface area (Å²) < 4.78 is 10.1. The molecule has 0 aliphatic heterocycles. The normalized spacial score (nSPS) is 10.2. The molecule has 0 amide bonds. The van der Waals surface area contributed by atoms with Crippen LogP contribution in [0.15, 0.2) is 48.5 Å². The van der Waals surface area contributed by atoms with Crippen LogP contribution in [0.3, 0.4) is 0 Å². The van der Waals surface area contributed by atoms with Crippen molar-refractivity contribution in [2.24, 2.45) is 0 Å². The van der Waals surface area contributed by atoms with Crippen LogP contribution in [0, 0.1) is 0 Å². The molecule has 0 heterocycles. The van der Waals surface area contributed by atoms with Crippen LogP contribution in [0.2, 0.25) is 0 Å². The number of rotatable bonds is 6. The van der Waals surface area contributed by atoms with E-state index in [2.05, 4.69) is 24.3 Å². The van der Waals surface area contributed by atoms with Crippen molar-refractivity contribution < 1.29 is 14.3 Å². The third-order valence-electron chi connectivity index (χ3n) is 3.30. The second-order valence-electron chi connectivity index (χ2n) is 4.73. The highest BCUT2D eigenvalue weighted by atomic mass is 16.5. The highest BCUT2D eigenvalue weighted by molar-refractivity contribution is 5.70. The third kappa shape index (κ3) is 4.35. The lowest BCUT2D eigenvalue weighted by Gasteiger charge is -2.06. The maximum absolute atomic E-state index is 11.3. The number of hydrogen-bond acceptors (Lipinski definition) is 3. The van der Waals surface area contributed by atoms with Gasteiger partial charge in [-0.25, -0.2) is 0 Å². The molecule has 2 aromatic rings. The predicted octanol–water partition coefficient (Wildman–Crippen LogP) is 3.86. The van der Waals surface area contributed by atoms with Gasteiger partial charge in [0.05, 0.1) is 13.7 Å². The van der Waals surface area contributed by atoms with Gasteiger partial charge in [-0.3, -0.25) is 4.79 Å². The van der Waals surface area contributed by atoms with Gasteiger partial charge in [-0.05, 0) is 42.2 Å². The van der Waals surface area contributed by atoms with E-state index in [4.69, 9.17) is 9.47 Å². The summed E-state index contributed by atoms with van der Waals surface area (Å²) >= 11 is 0. The van der Waals surface area contributed by atoms with Crippen LogP contribution < -0.4 is 4.74 Å². The molecule has 3 heteroatoms. The molecule has 21 heavy (non-hydrogen) atoms. The Morgan fingerprint density at radius 1 is 0.952 bits per heavy atom. The van der Waals surface area contributed by atoms with Crippen molar-refractivity contribution >= 4 is 5.97 Å². The molecule has 0 saturated heterocycles. The number of ether oxygens (including phenoxy) is 2. The van der Waals surface area contributed by atoms with Gasteiger partial charge >= 0.3 is 5.97 Å². The van der Waals surface area contributed by atoms with Gasteiger partial charge in [0.2, 0.25) is 0 Å². The van der Waals surface area contributed by atoms with Gasteiger partial charge < -0.3 is 9.47 Å². The predicted molar refractivity (Wildman–Crippen MR) is 83.4 cm³/mol. The monoisotopic (exact) mass is 284 g/mol. The van der Waals surface area contributed by atoms with Crippen molar-refractivity contribution in [3.63, 3.8) is 0 Å². The van der Waals surface area contributed by atoms with E-state index in [9.17, 15) is 4.79 Å². The van der Waals surface area contributed by atoms with Crippen molar-refractivity contribution in [1.29, 1.82) is 0 Å². The number of methoxy groups -OCH3 is 1. The summed E-state index contributed by atoms with van der Waals surface area (Å²) in [6.07, 6.45) is 1.14. The fourth-order valence-electron chi connectivity index (χ4n) is 2.13. The summed E-state index contributed by atoms with van der Waals surface area (Å²) in [6.45, 7) is 2.26. The van der Waals surface area contributed by atoms with Gasteiger partial charge in [-0.1, -0.05) is 36.4 Å². The van der Waals surface area contributed by atoms with Crippen molar-refractivity contribution in [2.75, 3.05) is 13.7 Å². The lowest BCUT2D eigenvalue weighted by Crippen LogP contribution is -2.05. The molecule has 0 aliphatic rings. The summed E-state index contributed by atoms with van der Waals surface area (Å²) in [6, 6.07) is 16.2. The molecular weight excluding hydrogens is 264 g/mol. The highest BCUT2D eigenvalue weighted by Gasteiger charge is 2.03. The first-order valence-corrected chi connectivity index (χ1v) is 7.12. The summed E-state index contributed by atoms with van der Waals surface area (Å²) in [5, 5.41) is 0. The minimum absolute atomic E-state index is 0.142. The Bertz CT molecular complexity index is 570. The molecule has 2 aromatic carbocycles. The Balaban J connectivity index is 1.99. The zero-order valence-electron chi connectivity index (χ0n) is 12.5. The fraction of sp³-hybridized carbons (Fsp3) is 0.278.